The van der Waals surface area contributed by atoms with E-state index < -0.39 is 0 Å². The summed E-state index contributed by atoms with van der Waals surface area (Å²) in [7, 11) is 0. The fraction of sp³-hybridized carbons (Fsp3) is 0. The molecule has 5 heteroatoms. The van der Waals surface area contributed by atoms with E-state index in [-0.39, 0.29) is 87.8 Å². The molecule has 8 radical (unpaired) electrons. The second-order valence-corrected chi connectivity index (χ2v) is 0. The second-order valence-electron chi connectivity index (χ2n) is 0. The number of hydrogen-bond donors (Lipinski definition) is 0. The molecule has 0 fully saturated rings. The Morgan fingerprint density at radius 3 is 1.00 bits per heavy atom. The molecule has 0 spiro atoms. The van der Waals surface area contributed by atoms with Gasteiger partial charge in [-0.1, -0.05) is 0 Å². The van der Waals surface area contributed by atoms with Crippen LogP contribution in [0.1, 0.15) is 0 Å². The van der Waals surface area contributed by atoms with Crippen molar-refractivity contribution < 1.29 is 59.3 Å². The maximum atomic E-state index is 0. The fourth-order valence-electron chi connectivity index (χ4n) is 0. The average molecular weight is 402 g/mol. The van der Waals surface area contributed by atoms with E-state index in [0.717, 1.165) is 0 Å². The van der Waals surface area contributed by atoms with Crippen LogP contribution in [0.15, 0.2) is 0 Å². The van der Waals surface area contributed by atoms with Crippen LogP contribution in [0.25, 0.3) is 0 Å². The standard InChI is InChI=1S/Ge.Ni.Pt.Si.Ti. The van der Waals surface area contributed by atoms with Gasteiger partial charge in [0.1, 0.15) is 0 Å². The molecule has 0 unspecified atom stereocenters. The maximum Gasteiger partial charge on any atom is 0 e. The predicted octanol–water partition coefficient (Wildman–Crippen LogP) is -0.769. The molecule has 0 N–H and O–H groups in total. The van der Waals surface area contributed by atoms with Gasteiger partial charge in [-0.2, -0.15) is 0 Å². The monoisotopic (exact) mass is 403 g/mol. The third kappa shape index (κ3) is 20.5. The number of rotatable bonds is 0. The van der Waals surface area contributed by atoms with Crippen molar-refractivity contribution in [2.24, 2.45) is 0 Å². The quantitative estimate of drug-likeness (QED) is 0.467. The van der Waals surface area contributed by atoms with Gasteiger partial charge in [-0.3, -0.25) is 0 Å². The Hall–Kier alpha value is 2.66. The van der Waals surface area contributed by atoms with Gasteiger partial charge in [0.15, 0.2) is 0 Å². The van der Waals surface area contributed by atoms with Crippen molar-refractivity contribution in [3.63, 3.8) is 0 Å². The summed E-state index contributed by atoms with van der Waals surface area (Å²) in [5.74, 6) is 0. The second kappa shape index (κ2) is 30.2. The topological polar surface area (TPSA) is 0 Å². The molecule has 0 rings (SSSR count). The van der Waals surface area contributed by atoms with Gasteiger partial charge in [-0.05, 0) is 0 Å². The third-order valence-corrected chi connectivity index (χ3v) is 0. The van der Waals surface area contributed by atoms with Gasteiger partial charge >= 0.3 is 0 Å². The maximum absolute atomic E-state index is 0. The van der Waals surface area contributed by atoms with Crippen LogP contribution in [0.5, 0.6) is 0 Å². The smallest absolute Gasteiger partial charge is 0 e. The first-order valence-electron chi connectivity index (χ1n) is 0. The molecule has 32 valence electrons. The normalized spacial score (nSPS) is 0. The molecule has 0 nitrogen and oxygen atoms in total. The molecule has 0 aliphatic carbocycles. The molecule has 0 aromatic heterocycles. The minimum Gasteiger partial charge on any atom is 0 e. The summed E-state index contributed by atoms with van der Waals surface area (Å²) in [6.07, 6.45) is 0. The van der Waals surface area contributed by atoms with E-state index in [0.29, 0.717) is 0 Å². The molecular weight excluding hydrogens is 402 g/mol. The van der Waals surface area contributed by atoms with E-state index >= 15 is 0 Å². The Morgan fingerprint density at radius 2 is 1.00 bits per heavy atom. The summed E-state index contributed by atoms with van der Waals surface area (Å²) in [5, 5.41) is 0. The van der Waals surface area contributed by atoms with Crippen molar-refractivity contribution in [1.29, 1.82) is 0 Å². The third-order valence-electron chi connectivity index (χ3n) is 0. The average Bonchev–Trinajstić information content (AvgIpc) is 0. The van der Waals surface area contributed by atoms with Gasteiger partial charge in [0.2, 0.25) is 0 Å². The van der Waals surface area contributed by atoms with Crippen molar-refractivity contribution in [3.8, 4) is 0 Å². The summed E-state index contributed by atoms with van der Waals surface area (Å²) in [4.78, 5) is 0. The Kier molecular flexibility index (Phi) is 290. The Bertz CT molecular complexity index is 11.6. The van der Waals surface area contributed by atoms with E-state index in [9.17, 15) is 0 Å². The van der Waals surface area contributed by atoms with Crippen LogP contribution < -0.4 is 0 Å². The summed E-state index contributed by atoms with van der Waals surface area (Å²) in [6.45, 7) is 0. The van der Waals surface area contributed by atoms with Gasteiger partial charge in [-0.15, -0.1) is 0 Å². The van der Waals surface area contributed by atoms with Crippen LogP contribution in [0, 0.1) is 0 Å². The molecule has 0 amide bonds. The van der Waals surface area contributed by atoms with Gasteiger partial charge in [-0.25, -0.2) is 0 Å². The zero-order valence-corrected chi connectivity index (χ0v) is 10.1. The Labute approximate surface area is 86.7 Å². The Morgan fingerprint density at radius 1 is 1.00 bits per heavy atom. The molecule has 0 heterocycles. The van der Waals surface area contributed by atoms with Crippen LogP contribution in [0.4, 0.5) is 0 Å². The van der Waals surface area contributed by atoms with Crippen LogP contribution in [0.2, 0.25) is 0 Å². The first kappa shape index (κ1) is 48.1. The molecule has 0 aliphatic heterocycles. The minimum atomic E-state index is 0. The van der Waals surface area contributed by atoms with Crippen LogP contribution in [-0.2, 0) is 59.3 Å². The van der Waals surface area contributed by atoms with Crippen LogP contribution in [-0.4, -0.2) is 28.6 Å². The van der Waals surface area contributed by atoms with Crippen molar-refractivity contribution in [3.05, 3.63) is 0 Å². The van der Waals surface area contributed by atoms with Gasteiger partial charge in [0.25, 0.3) is 0 Å². The van der Waals surface area contributed by atoms with E-state index in [2.05, 4.69) is 0 Å². The van der Waals surface area contributed by atoms with Gasteiger partial charge in [0.05, 0.1) is 0 Å². The van der Waals surface area contributed by atoms with Crippen LogP contribution in [0.3, 0.4) is 0 Å². The summed E-state index contributed by atoms with van der Waals surface area (Å²) in [5.41, 5.74) is 0. The largest absolute Gasteiger partial charge is 0 e. The molecule has 0 aliphatic rings. The molecule has 0 saturated heterocycles. The Balaban J connectivity index is 0. The van der Waals surface area contributed by atoms with Gasteiger partial charge < -0.3 is 0 Å². The van der Waals surface area contributed by atoms with Crippen molar-refractivity contribution in [1.82, 2.24) is 0 Å². The summed E-state index contributed by atoms with van der Waals surface area (Å²) in [6, 6.07) is 0. The minimum absolute atomic E-state index is 0. The van der Waals surface area contributed by atoms with E-state index in [1.807, 2.05) is 0 Å². The van der Waals surface area contributed by atoms with Crippen molar-refractivity contribution in [2.45, 2.75) is 0 Å². The van der Waals surface area contributed by atoms with Crippen molar-refractivity contribution >= 4 is 28.6 Å². The SMILES string of the molecule is [Ge].[Ni].[Pt].[Si].[Ti]. The fourth-order valence-corrected chi connectivity index (χ4v) is 0. The molecular formula is GeNiPtSiTi. The molecule has 0 atom stereocenters. The van der Waals surface area contributed by atoms with E-state index in [4.69, 9.17) is 0 Å². The predicted molar refractivity (Wildman–Crippen MR) is 11.5 cm³/mol. The van der Waals surface area contributed by atoms with E-state index in [1.54, 1.807) is 0 Å². The molecule has 0 saturated carbocycles. The molecule has 0 aromatic carbocycles. The molecule has 0 aromatic rings. The first-order chi connectivity index (χ1) is 0. The van der Waals surface area contributed by atoms with Crippen LogP contribution >= 0.6 is 0 Å². The summed E-state index contributed by atoms with van der Waals surface area (Å²) < 4.78 is 0. The van der Waals surface area contributed by atoms with Gasteiger partial charge in [0, 0.05) is 87.8 Å². The molecule has 0 bridgehead atoms. The first-order valence-corrected chi connectivity index (χ1v) is 0. The van der Waals surface area contributed by atoms with Crippen molar-refractivity contribution in [2.75, 3.05) is 0 Å². The molecule has 5 heavy (non-hydrogen) atoms. The zero-order chi connectivity index (χ0) is 0. The number of hydrogen-bond acceptors (Lipinski definition) is 0. The summed E-state index contributed by atoms with van der Waals surface area (Å²) >= 11 is 0. The van der Waals surface area contributed by atoms with E-state index in [1.165, 1.54) is 0 Å². The zero-order valence-electron chi connectivity index (χ0n) is 2.13.